The van der Waals surface area contributed by atoms with E-state index in [9.17, 15) is 15.0 Å². The Morgan fingerprint density at radius 1 is 1.15 bits per heavy atom. The molecule has 8 heteroatoms. The Balaban J connectivity index is 1.71. The highest BCUT2D eigenvalue weighted by Gasteiger charge is 2.61. The summed E-state index contributed by atoms with van der Waals surface area (Å²) in [6, 6.07) is 19.5. The molecule has 7 nitrogen and oxygen atoms in total. The quantitative estimate of drug-likeness (QED) is 0.247. The number of carbonyl (C=O) groups excluding carboxylic acids is 1. The van der Waals surface area contributed by atoms with Gasteiger partial charge in [-0.25, -0.2) is 0 Å². The van der Waals surface area contributed by atoms with Gasteiger partial charge in [-0.15, -0.1) is 0 Å². The van der Waals surface area contributed by atoms with Crippen molar-refractivity contribution in [2.75, 3.05) is 33.4 Å². The van der Waals surface area contributed by atoms with Crippen molar-refractivity contribution >= 4 is 28.8 Å². The van der Waals surface area contributed by atoms with E-state index < -0.39 is 23.3 Å². The molecule has 5 rings (SSSR count). The average molecular weight is 567 g/mol. The topological polar surface area (TPSA) is 105 Å². The van der Waals surface area contributed by atoms with Gasteiger partial charge >= 0.3 is 0 Å². The lowest BCUT2D eigenvalue weighted by Gasteiger charge is -2.55. The third kappa shape index (κ3) is 5.27. The number of ether oxygens (including phenoxy) is 2. The van der Waals surface area contributed by atoms with Gasteiger partial charge in [0.25, 0.3) is 0 Å². The van der Waals surface area contributed by atoms with E-state index in [1.807, 2.05) is 36.4 Å². The summed E-state index contributed by atoms with van der Waals surface area (Å²) < 4.78 is 12.0. The first-order valence-corrected chi connectivity index (χ1v) is 14.5. The number of fused-ring (bicyclic) bond motifs is 1. The number of methoxy groups -OCH3 is 1. The normalized spacial score (nSPS) is 26.6. The minimum atomic E-state index is -1.55. The van der Waals surface area contributed by atoms with Crippen LogP contribution in [0.3, 0.4) is 0 Å². The van der Waals surface area contributed by atoms with E-state index in [4.69, 9.17) is 26.8 Å². The lowest BCUT2D eigenvalue weighted by Crippen LogP contribution is -2.66. The number of hydrogen-bond acceptors (Lipinski definition) is 6. The van der Waals surface area contributed by atoms with Gasteiger partial charge in [-0.1, -0.05) is 60.1 Å². The average Bonchev–Trinajstić information content (AvgIpc) is 3.32. The van der Waals surface area contributed by atoms with Gasteiger partial charge in [0.2, 0.25) is 6.41 Å². The number of rotatable bonds is 10. The second-order valence-corrected chi connectivity index (χ2v) is 11.7. The molecule has 1 heterocycles. The second-order valence-electron chi connectivity index (χ2n) is 11.2. The minimum absolute atomic E-state index is 0.186. The van der Waals surface area contributed by atoms with Gasteiger partial charge in [0.15, 0.2) is 0 Å². The zero-order valence-electron chi connectivity index (χ0n) is 23.0. The van der Waals surface area contributed by atoms with Gasteiger partial charge in [0.05, 0.1) is 19.3 Å². The zero-order chi connectivity index (χ0) is 28.3. The summed E-state index contributed by atoms with van der Waals surface area (Å²) in [5, 5.41) is 26.6. The number of amides is 1. The first-order valence-electron chi connectivity index (χ1n) is 14.1. The van der Waals surface area contributed by atoms with E-state index in [-0.39, 0.29) is 19.1 Å². The van der Waals surface area contributed by atoms with Gasteiger partial charge in [0, 0.05) is 36.9 Å². The molecule has 0 radical (unpaired) electrons. The Bertz CT molecular complexity index is 1330. The van der Waals surface area contributed by atoms with Crippen LogP contribution in [-0.2, 0) is 19.9 Å². The SMILES string of the molecule is COCCCC[C@@](O)(c1cccc(Cl)c1-c1ccc2ccccc2c1)[C@@]1([C@H]2C[C@@H](N)[C@@H](O)C2)CN(C=O)CCO1. The van der Waals surface area contributed by atoms with Crippen molar-refractivity contribution in [1.82, 2.24) is 4.90 Å². The molecule has 2 fully saturated rings. The van der Waals surface area contributed by atoms with Crippen molar-refractivity contribution in [1.29, 1.82) is 0 Å². The van der Waals surface area contributed by atoms with Gasteiger partial charge < -0.3 is 30.3 Å². The van der Waals surface area contributed by atoms with Crippen LogP contribution in [0.4, 0.5) is 0 Å². The Hall–Kier alpha value is -2.52. The summed E-state index contributed by atoms with van der Waals surface area (Å²) in [5.74, 6) is -0.281. The summed E-state index contributed by atoms with van der Waals surface area (Å²) in [5.41, 5.74) is 5.82. The summed E-state index contributed by atoms with van der Waals surface area (Å²) in [6.45, 7) is 1.45. The molecule has 0 aromatic heterocycles. The van der Waals surface area contributed by atoms with Crippen molar-refractivity contribution in [2.24, 2.45) is 11.7 Å². The maximum atomic E-state index is 13.2. The second kappa shape index (κ2) is 12.1. The van der Waals surface area contributed by atoms with E-state index in [1.54, 1.807) is 12.0 Å². The molecule has 3 aromatic carbocycles. The highest BCUT2D eigenvalue weighted by Crippen LogP contribution is 2.53. The van der Waals surface area contributed by atoms with E-state index in [0.29, 0.717) is 49.4 Å². The molecule has 214 valence electrons. The standard InChI is InChI=1S/C32H39ClN2O5/c1-39-15-5-4-13-31(38,32(20-35(21-36)14-16-40-32)25-18-28(34)29(37)19-25)26-9-6-10-27(33)30(26)24-12-11-22-7-2-3-8-23(22)17-24/h2-3,6-12,17,21,25,28-29,37-38H,4-5,13-16,18-20,34H2,1H3/t25-,28+,29-,31+,32-/m0/s1. The van der Waals surface area contributed by atoms with E-state index in [2.05, 4.69) is 24.3 Å². The molecule has 5 atom stereocenters. The number of nitrogens with two attached hydrogens (primary N) is 1. The van der Waals surface area contributed by atoms with Crippen molar-refractivity contribution in [3.05, 3.63) is 71.2 Å². The fourth-order valence-corrected chi connectivity index (χ4v) is 7.12. The van der Waals surface area contributed by atoms with E-state index >= 15 is 0 Å². The highest BCUT2D eigenvalue weighted by molar-refractivity contribution is 6.33. The molecule has 2 aliphatic rings. The van der Waals surface area contributed by atoms with Crippen LogP contribution >= 0.6 is 11.6 Å². The monoisotopic (exact) mass is 566 g/mol. The number of morpholine rings is 1. The summed E-state index contributed by atoms with van der Waals surface area (Å²) in [4.78, 5) is 13.8. The van der Waals surface area contributed by atoms with Crippen LogP contribution in [-0.4, -0.2) is 72.7 Å². The fraction of sp³-hybridized carbons (Fsp3) is 0.469. The van der Waals surface area contributed by atoms with Crippen molar-refractivity contribution in [3.8, 4) is 11.1 Å². The summed E-state index contributed by atoms with van der Waals surface area (Å²) in [6.07, 6.45) is 2.70. The molecule has 3 aromatic rings. The largest absolute Gasteiger partial charge is 0.392 e. The molecule has 1 aliphatic heterocycles. The molecule has 0 spiro atoms. The lowest BCUT2D eigenvalue weighted by atomic mass is 9.65. The first-order chi connectivity index (χ1) is 19.3. The Kier molecular flexibility index (Phi) is 8.80. The molecule has 40 heavy (non-hydrogen) atoms. The molecule has 0 bridgehead atoms. The van der Waals surface area contributed by atoms with Crippen LogP contribution in [0.15, 0.2) is 60.7 Å². The Morgan fingerprint density at radius 2 is 1.95 bits per heavy atom. The number of aliphatic hydroxyl groups is 2. The van der Waals surface area contributed by atoms with Gasteiger partial charge in [-0.2, -0.15) is 0 Å². The Labute approximate surface area is 240 Å². The zero-order valence-corrected chi connectivity index (χ0v) is 23.7. The van der Waals surface area contributed by atoms with E-state index in [0.717, 1.165) is 34.7 Å². The predicted molar refractivity (Wildman–Crippen MR) is 157 cm³/mol. The van der Waals surface area contributed by atoms with Crippen molar-refractivity contribution < 1.29 is 24.5 Å². The van der Waals surface area contributed by atoms with Crippen LogP contribution in [0, 0.1) is 5.92 Å². The molecule has 1 saturated carbocycles. The van der Waals surface area contributed by atoms with Gasteiger partial charge in [0.1, 0.15) is 11.2 Å². The first kappa shape index (κ1) is 29.0. The smallest absolute Gasteiger partial charge is 0.209 e. The summed E-state index contributed by atoms with van der Waals surface area (Å²) >= 11 is 6.95. The molecule has 0 unspecified atom stereocenters. The van der Waals surface area contributed by atoms with Crippen LogP contribution in [0.5, 0.6) is 0 Å². The van der Waals surface area contributed by atoms with Crippen molar-refractivity contribution in [3.63, 3.8) is 0 Å². The minimum Gasteiger partial charge on any atom is -0.392 e. The third-order valence-corrected chi connectivity index (χ3v) is 9.21. The molecule has 1 aliphatic carbocycles. The number of halogens is 1. The molecule has 1 amide bonds. The number of carbonyl (C=O) groups is 1. The lowest BCUT2D eigenvalue weighted by molar-refractivity contribution is -0.246. The number of benzene rings is 3. The predicted octanol–water partition coefficient (Wildman–Crippen LogP) is 4.49. The maximum absolute atomic E-state index is 13.2. The molecule has 1 saturated heterocycles. The van der Waals surface area contributed by atoms with Crippen LogP contribution < -0.4 is 5.73 Å². The third-order valence-electron chi connectivity index (χ3n) is 8.90. The molecular weight excluding hydrogens is 528 g/mol. The van der Waals surface area contributed by atoms with Crippen LogP contribution in [0.2, 0.25) is 5.02 Å². The number of aliphatic hydroxyl groups excluding tert-OH is 1. The van der Waals surface area contributed by atoms with Gasteiger partial charge in [-0.05, 0) is 72.1 Å². The molecular formula is C32H39ClN2O5. The fourth-order valence-electron chi connectivity index (χ4n) is 6.83. The van der Waals surface area contributed by atoms with Crippen molar-refractivity contribution in [2.45, 2.75) is 55.5 Å². The Morgan fingerprint density at radius 3 is 2.67 bits per heavy atom. The number of nitrogens with zero attached hydrogens (tertiary/aromatic N) is 1. The highest BCUT2D eigenvalue weighted by atomic mass is 35.5. The number of unbranched alkanes of at least 4 members (excludes halogenated alkanes) is 1. The molecule has 4 N–H and O–H groups in total. The van der Waals surface area contributed by atoms with E-state index in [1.165, 1.54) is 0 Å². The van der Waals surface area contributed by atoms with Crippen LogP contribution in [0.1, 0.15) is 37.7 Å². The van der Waals surface area contributed by atoms with Gasteiger partial charge in [-0.3, -0.25) is 4.79 Å². The van der Waals surface area contributed by atoms with Crippen LogP contribution in [0.25, 0.3) is 21.9 Å². The maximum Gasteiger partial charge on any atom is 0.209 e. The number of hydrogen-bond donors (Lipinski definition) is 3. The summed E-state index contributed by atoms with van der Waals surface area (Å²) in [7, 11) is 1.66.